The molecule has 0 heterocycles. The van der Waals surface area contributed by atoms with Gasteiger partial charge in [0.25, 0.3) is 0 Å². The average Bonchev–Trinajstić information content (AvgIpc) is 2.76. The number of hydrogen-bond donors (Lipinski definition) is 1. The van der Waals surface area contributed by atoms with Gasteiger partial charge in [-0.25, -0.2) is 0 Å². The number of nitrogens with one attached hydrogen (secondary N) is 1. The normalized spacial score (nSPS) is 15.7. The molecule has 0 aromatic heterocycles. The van der Waals surface area contributed by atoms with E-state index in [0.717, 1.165) is 11.1 Å². The second-order valence-corrected chi connectivity index (χ2v) is 14.2. The van der Waals surface area contributed by atoms with E-state index in [1.54, 1.807) is 0 Å². The van der Waals surface area contributed by atoms with E-state index in [-0.39, 0.29) is 17.7 Å². The maximum Gasteiger partial charge on any atom is 0.350 e. The van der Waals surface area contributed by atoms with E-state index in [0.29, 0.717) is 13.2 Å². The van der Waals surface area contributed by atoms with Gasteiger partial charge in [0.05, 0.1) is 13.2 Å². The predicted octanol–water partition coefficient (Wildman–Crippen LogP) is 8.82. The Morgan fingerprint density at radius 1 is 0.811 bits per heavy atom. The first-order valence-electron chi connectivity index (χ1n) is 13.7. The summed E-state index contributed by atoms with van der Waals surface area (Å²) in [5.41, 5.74) is 4.13. The molecule has 1 aromatic rings. The zero-order valence-corrected chi connectivity index (χ0v) is 27.3. The van der Waals surface area contributed by atoms with Gasteiger partial charge in [0.15, 0.2) is 0 Å². The number of nitrogens with zero attached hydrogens (tertiary/aromatic N) is 1. The third-order valence-corrected chi connectivity index (χ3v) is 8.08. The number of rotatable bonds is 12. The highest BCUT2D eigenvalue weighted by Crippen LogP contribution is 2.61. The lowest BCUT2D eigenvalue weighted by Gasteiger charge is -2.48. The molecule has 1 aromatic carbocycles. The molecule has 0 spiro atoms. The summed E-state index contributed by atoms with van der Waals surface area (Å²) in [6.07, 6.45) is -0.382. The van der Waals surface area contributed by atoms with Crippen LogP contribution < -0.4 is 5.48 Å². The molecular formula is C29H57N2O5P. The monoisotopic (exact) mass is 544 g/mol. The Morgan fingerprint density at radius 2 is 1.22 bits per heavy atom. The van der Waals surface area contributed by atoms with Crippen LogP contribution >= 0.6 is 7.60 Å². The van der Waals surface area contributed by atoms with Crippen LogP contribution in [0.1, 0.15) is 127 Å². The second-order valence-electron chi connectivity index (χ2n) is 12.1. The van der Waals surface area contributed by atoms with Crippen molar-refractivity contribution in [1.82, 2.24) is 10.5 Å². The highest BCUT2D eigenvalue weighted by molar-refractivity contribution is 7.54. The third-order valence-electron chi connectivity index (χ3n) is 5.26. The maximum atomic E-state index is 14.0. The van der Waals surface area contributed by atoms with Gasteiger partial charge in [-0.05, 0) is 85.8 Å². The summed E-state index contributed by atoms with van der Waals surface area (Å²) in [5, 5.41) is 1.83. The van der Waals surface area contributed by atoms with E-state index in [1.807, 2.05) is 88.1 Å². The zero-order valence-electron chi connectivity index (χ0n) is 26.4. The average molecular weight is 545 g/mol. The summed E-state index contributed by atoms with van der Waals surface area (Å²) in [7, 11) is -3.52. The van der Waals surface area contributed by atoms with Crippen LogP contribution in [0.3, 0.4) is 0 Å². The van der Waals surface area contributed by atoms with Crippen molar-refractivity contribution in [2.45, 2.75) is 133 Å². The van der Waals surface area contributed by atoms with Gasteiger partial charge >= 0.3 is 7.60 Å². The molecule has 7 nitrogen and oxygen atoms in total. The van der Waals surface area contributed by atoms with Crippen molar-refractivity contribution < 1.29 is 23.3 Å². The molecule has 218 valence electrons. The van der Waals surface area contributed by atoms with Crippen molar-refractivity contribution in [3.8, 4) is 0 Å². The van der Waals surface area contributed by atoms with Crippen LogP contribution in [-0.2, 0) is 23.3 Å². The summed E-state index contributed by atoms with van der Waals surface area (Å²) < 4.78 is 25.6. The quantitative estimate of drug-likeness (QED) is 0.208. The summed E-state index contributed by atoms with van der Waals surface area (Å²) in [5.74, 6) is -0.603. The Morgan fingerprint density at radius 3 is 1.54 bits per heavy atom. The molecule has 1 N–H and O–H groups in total. The molecule has 3 unspecified atom stereocenters. The van der Waals surface area contributed by atoms with Crippen LogP contribution in [0.4, 0.5) is 0 Å². The van der Waals surface area contributed by atoms with E-state index in [4.69, 9.17) is 18.7 Å². The second kappa shape index (κ2) is 15.1. The number of benzene rings is 1. The Hall–Kier alpha value is -0.790. The fourth-order valence-electron chi connectivity index (χ4n) is 3.68. The van der Waals surface area contributed by atoms with E-state index in [1.165, 1.54) is 0 Å². The molecule has 0 fully saturated rings. The zero-order chi connectivity index (χ0) is 29.2. The summed E-state index contributed by atoms with van der Waals surface area (Å²) in [4.78, 5) is 12.4. The van der Waals surface area contributed by atoms with Crippen molar-refractivity contribution >= 4 is 7.60 Å². The van der Waals surface area contributed by atoms with Gasteiger partial charge in [0.1, 0.15) is 18.0 Å². The fraction of sp³-hybridized carbons (Fsp3) is 0.793. The predicted molar refractivity (Wildman–Crippen MR) is 155 cm³/mol. The highest BCUT2D eigenvalue weighted by Gasteiger charge is 2.51. The Bertz CT molecular complexity index is 800. The first kappa shape index (κ1) is 36.2. The molecular weight excluding hydrogens is 487 g/mol. The molecule has 0 radical (unpaired) electrons. The van der Waals surface area contributed by atoms with Gasteiger partial charge < -0.3 is 9.05 Å². The lowest BCUT2D eigenvalue weighted by atomic mass is 9.94. The molecule has 0 aliphatic rings. The minimum absolute atomic E-state index is 0.0980. The fourth-order valence-corrected chi connectivity index (χ4v) is 6.36. The number of hydroxylamine groups is 3. The van der Waals surface area contributed by atoms with E-state index >= 15 is 0 Å². The minimum Gasteiger partial charge on any atom is -0.308 e. The van der Waals surface area contributed by atoms with Gasteiger partial charge in [-0.1, -0.05) is 58.9 Å². The molecule has 0 saturated heterocycles. The van der Waals surface area contributed by atoms with Crippen LogP contribution in [0.15, 0.2) is 24.3 Å². The van der Waals surface area contributed by atoms with E-state index < -0.39 is 24.3 Å². The van der Waals surface area contributed by atoms with Crippen molar-refractivity contribution in [1.29, 1.82) is 0 Å². The maximum absolute atomic E-state index is 14.0. The topological polar surface area (TPSA) is 69.3 Å². The van der Waals surface area contributed by atoms with Gasteiger partial charge in [-0.15, -0.1) is 0 Å². The van der Waals surface area contributed by atoms with Crippen molar-refractivity contribution in [2.75, 3.05) is 13.2 Å². The standard InChI is InChI=1S/C27H51N2O5P.C2H6/c1-14-31-35(30,32-15-2)24(25(5,6)7)29(27(11,12)13)34-21(4)23-18-16-22(17-19-23)20(3)33-28-26(8,9)10;1-2/h16-21,24,28H,14-15H2,1-13H3;1-2H3. The number of hydrogen-bond acceptors (Lipinski definition) is 7. The summed E-state index contributed by atoms with van der Waals surface area (Å²) >= 11 is 0. The molecule has 37 heavy (non-hydrogen) atoms. The lowest BCUT2D eigenvalue weighted by Crippen LogP contribution is -2.53. The van der Waals surface area contributed by atoms with Crippen molar-refractivity contribution in [2.24, 2.45) is 5.41 Å². The summed E-state index contributed by atoms with van der Waals surface area (Å²) in [6.45, 7) is 30.7. The van der Waals surface area contributed by atoms with E-state index in [2.05, 4.69) is 50.5 Å². The van der Waals surface area contributed by atoms with Crippen LogP contribution in [0.5, 0.6) is 0 Å². The first-order valence-corrected chi connectivity index (χ1v) is 15.3. The lowest BCUT2D eigenvalue weighted by molar-refractivity contribution is -0.264. The van der Waals surface area contributed by atoms with Crippen LogP contribution in [0.2, 0.25) is 0 Å². The molecule has 8 heteroatoms. The van der Waals surface area contributed by atoms with Crippen LogP contribution in [0.25, 0.3) is 0 Å². The minimum atomic E-state index is -3.52. The van der Waals surface area contributed by atoms with Gasteiger partial charge in [-0.2, -0.15) is 10.5 Å². The Balaban J connectivity index is 0.00000631. The van der Waals surface area contributed by atoms with E-state index in [9.17, 15) is 4.57 Å². The molecule has 0 aliphatic carbocycles. The molecule has 0 amide bonds. The molecule has 0 bridgehead atoms. The van der Waals surface area contributed by atoms with Gasteiger partial charge in [0, 0.05) is 11.1 Å². The molecule has 1 rings (SSSR count). The largest absolute Gasteiger partial charge is 0.350 e. The first-order chi connectivity index (χ1) is 16.9. The Kier molecular flexibility index (Phi) is 14.8. The van der Waals surface area contributed by atoms with Gasteiger partial charge in [0.2, 0.25) is 0 Å². The molecule has 0 saturated carbocycles. The molecule has 0 aliphatic heterocycles. The van der Waals surface area contributed by atoms with Crippen LogP contribution in [0, 0.1) is 5.41 Å². The molecule has 3 atom stereocenters. The summed E-state index contributed by atoms with van der Waals surface area (Å²) in [6, 6.07) is 8.21. The SMILES string of the molecule is CC.CCOP(=O)(OCC)C(N(OC(C)c1ccc(C(C)ONC(C)(C)C)cc1)C(C)(C)C)C(C)(C)C. The van der Waals surface area contributed by atoms with Crippen molar-refractivity contribution in [3.05, 3.63) is 35.4 Å². The third kappa shape index (κ3) is 11.9. The Labute approximate surface area is 228 Å². The van der Waals surface area contributed by atoms with Crippen molar-refractivity contribution in [3.63, 3.8) is 0 Å². The smallest absolute Gasteiger partial charge is 0.308 e. The van der Waals surface area contributed by atoms with Gasteiger partial charge in [-0.3, -0.25) is 14.2 Å². The highest BCUT2D eigenvalue weighted by atomic mass is 31.2. The van der Waals surface area contributed by atoms with Crippen LogP contribution in [-0.4, -0.2) is 35.1 Å².